The van der Waals surface area contributed by atoms with Gasteiger partial charge >= 0.3 is 0 Å². The Hall–Kier alpha value is -1.88. The highest BCUT2D eigenvalue weighted by Crippen LogP contribution is 2.06. The van der Waals surface area contributed by atoms with E-state index in [9.17, 15) is 14.7 Å². The molecule has 0 heterocycles. The molecule has 1 unspecified atom stereocenters. The first-order valence-electron chi connectivity index (χ1n) is 6.28. The molecule has 4 N–H and O–H groups in total. The maximum Gasteiger partial charge on any atom is 0.251 e. The summed E-state index contributed by atoms with van der Waals surface area (Å²) in [6, 6.07) is 6.13. The second-order valence-electron chi connectivity index (χ2n) is 4.80. The number of aliphatic hydroxyl groups excluding tert-OH is 1. The van der Waals surface area contributed by atoms with Crippen LogP contribution in [0, 0.1) is 5.92 Å². The zero-order valence-electron chi connectivity index (χ0n) is 11.2. The van der Waals surface area contributed by atoms with Crippen LogP contribution in [0.25, 0.3) is 0 Å². The van der Waals surface area contributed by atoms with E-state index in [0.29, 0.717) is 24.1 Å². The summed E-state index contributed by atoms with van der Waals surface area (Å²) in [4.78, 5) is 22.7. The van der Waals surface area contributed by atoms with Crippen LogP contribution in [0.1, 0.15) is 41.0 Å². The van der Waals surface area contributed by atoms with Gasteiger partial charge in [-0.1, -0.05) is 13.8 Å². The SMILES string of the molecule is CC(C)C(O)CCNC(=O)c1ccc(C(N)=O)cc1. The Morgan fingerprint density at radius 3 is 2.21 bits per heavy atom. The third-order valence-electron chi connectivity index (χ3n) is 2.93. The molecule has 19 heavy (non-hydrogen) atoms. The van der Waals surface area contributed by atoms with Gasteiger partial charge in [0.1, 0.15) is 0 Å². The van der Waals surface area contributed by atoms with Crippen molar-refractivity contribution >= 4 is 11.8 Å². The number of amides is 2. The molecule has 1 rings (SSSR count). The number of carbonyl (C=O) groups is 2. The molecule has 0 bridgehead atoms. The molecular formula is C14H20N2O3. The van der Waals surface area contributed by atoms with Crippen molar-refractivity contribution in [1.29, 1.82) is 0 Å². The molecule has 0 saturated heterocycles. The number of rotatable bonds is 6. The zero-order valence-corrected chi connectivity index (χ0v) is 11.2. The van der Waals surface area contributed by atoms with E-state index in [-0.39, 0.29) is 11.8 Å². The molecule has 1 aromatic rings. The van der Waals surface area contributed by atoms with Crippen molar-refractivity contribution in [2.24, 2.45) is 11.7 Å². The minimum Gasteiger partial charge on any atom is -0.393 e. The normalized spacial score (nSPS) is 12.2. The van der Waals surface area contributed by atoms with Crippen LogP contribution in [0.3, 0.4) is 0 Å². The summed E-state index contributed by atoms with van der Waals surface area (Å²) < 4.78 is 0. The van der Waals surface area contributed by atoms with Crippen molar-refractivity contribution in [3.05, 3.63) is 35.4 Å². The second kappa shape index (κ2) is 6.89. The van der Waals surface area contributed by atoms with Crippen LogP contribution in [-0.4, -0.2) is 29.6 Å². The molecule has 0 aliphatic carbocycles. The summed E-state index contributed by atoms with van der Waals surface area (Å²) in [5.74, 6) is -0.578. The number of nitrogens with one attached hydrogen (secondary N) is 1. The molecule has 0 aliphatic heterocycles. The van der Waals surface area contributed by atoms with Gasteiger partial charge in [0.25, 0.3) is 5.91 Å². The van der Waals surface area contributed by atoms with Crippen molar-refractivity contribution in [3.8, 4) is 0 Å². The van der Waals surface area contributed by atoms with Gasteiger partial charge in [-0.15, -0.1) is 0 Å². The van der Waals surface area contributed by atoms with E-state index in [0.717, 1.165) is 0 Å². The maximum atomic E-state index is 11.8. The molecule has 1 aromatic carbocycles. The number of hydrogen-bond donors (Lipinski definition) is 3. The predicted molar refractivity (Wildman–Crippen MR) is 72.8 cm³/mol. The van der Waals surface area contributed by atoms with Gasteiger partial charge in [-0.2, -0.15) is 0 Å². The summed E-state index contributed by atoms with van der Waals surface area (Å²) in [6.45, 7) is 4.26. The number of hydrogen-bond acceptors (Lipinski definition) is 3. The van der Waals surface area contributed by atoms with Gasteiger partial charge in [-0.3, -0.25) is 9.59 Å². The molecule has 0 aromatic heterocycles. The molecule has 0 fully saturated rings. The van der Waals surface area contributed by atoms with Crippen molar-refractivity contribution in [1.82, 2.24) is 5.32 Å². The lowest BCUT2D eigenvalue weighted by Gasteiger charge is -2.14. The van der Waals surface area contributed by atoms with Crippen LogP contribution in [0.2, 0.25) is 0 Å². The molecule has 2 amide bonds. The van der Waals surface area contributed by atoms with E-state index in [4.69, 9.17) is 5.73 Å². The number of primary amides is 1. The van der Waals surface area contributed by atoms with Crippen LogP contribution < -0.4 is 11.1 Å². The fourth-order valence-electron chi connectivity index (χ4n) is 1.55. The van der Waals surface area contributed by atoms with E-state index in [2.05, 4.69) is 5.32 Å². The molecule has 1 atom stereocenters. The topological polar surface area (TPSA) is 92.4 Å². The van der Waals surface area contributed by atoms with Crippen molar-refractivity contribution in [2.45, 2.75) is 26.4 Å². The summed E-state index contributed by atoms with van der Waals surface area (Å²) in [5, 5.41) is 12.3. The average molecular weight is 264 g/mol. The standard InChI is InChI=1S/C14H20N2O3/c1-9(2)12(17)7-8-16-14(19)11-5-3-10(4-6-11)13(15)18/h3-6,9,12,17H,7-8H2,1-2H3,(H2,15,18)(H,16,19). The van der Waals surface area contributed by atoms with Gasteiger partial charge in [0.15, 0.2) is 0 Å². The van der Waals surface area contributed by atoms with Crippen molar-refractivity contribution in [2.75, 3.05) is 6.54 Å². The Morgan fingerprint density at radius 2 is 1.74 bits per heavy atom. The zero-order chi connectivity index (χ0) is 14.4. The van der Waals surface area contributed by atoms with Crippen LogP contribution >= 0.6 is 0 Å². The summed E-state index contributed by atoms with van der Waals surface area (Å²) >= 11 is 0. The minimum absolute atomic E-state index is 0.173. The Balaban J connectivity index is 2.48. The molecule has 0 spiro atoms. The monoisotopic (exact) mass is 264 g/mol. The van der Waals surface area contributed by atoms with E-state index >= 15 is 0 Å². The third-order valence-corrected chi connectivity index (χ3v) is 2.93. The van der Waals surface area contributed by atoms with E-state index in [1.54, 1.807) is 12.1 Å². The minimum atomic E-state index is -0.521. The first kappa shape index (κ1) is 15.2. The first-order valence-corrected chi connectivity index (χ1v) is 6.28. The number of aliphatic hydroxyl groups is 1. The molecule has 5 heteroatoms. The van der Waals surface area contributed by atoms with Gasteiger partial charge in [-0.25, -0.2) is 0 Å². The third kappa shape index (κ3) is 4.71. The van der Waals surface area contributed by atoms with Gasteiger partial charge < -0.3 is 16.2 Å². The second-order valence-corrected chi connectivity index (χ2v) is 4.80. The Morgan fingerprint density at radius 1 is 1.21 bits per heavy atom. The lowest BCUT2D eigenvalue weighted by atomic mass is 10.0. The smallest absolute Gasteiger partial charge is 0.251 e. The molecule has 5 nitrogen and oxygen atoms in total. The van der Waals surface area contributed by atoms with E-state index < -0.39 is 12.0 Å². The van der Waals surface area contributed by atoms with Crippen molar-refractivity contribution < 1.29 is 14.7 Å². The quantitative estimate of drug-likeness (QED) is 0.713. The van der Waals surface area contributed by atoms with Gasteiger partial charge in [0.2, 0.25) is 5.91 Å². The molecule has 0 saturated carbocycles. The predicted octanol–water partition coefficient (Wildman–Crippen LogP) is 0.922. The maximum absolute atomic E-state index is 11.8. The molecular weight excluding hydrogens is 244 g/mol. The van der Waals surface area contributed by atoms with E-state index in [1.165, 1.54) is 12.1 Å². The van der Waals surface area contributed by atoms with Crippen LogP contribution in [-0.2, 0) is 0 Å². The summed E-state index contributed by atoms with van der Waals surface area (Å²) in [6.07, 6.45) is 0.0977. The van der Waals surface area contributed by atoms with Crippen molar-refractivity contribution in [3.63, 3.8) is 0 Å². The van der Waals surface area contributed by atoms with Crippen LogP contribution in [0.5, 0.6) is 0 Å². The molecule has 0 aliphatic rings. The van der Waals surface area contributed by atoms with Crippen LogP contribution in [0.4, 0.5) is 0 Å². The number of nitrogens with two attached hydrogens (primary N) is 1. The highest BCUT2D eigenvalue weighted by atomic mass is 16.3. The number of carbonyl (C=O) groups excluding carboxylic acids is 2. The molecule has 104 valence electrons. The lowest BCUT2D eigenvalue weighted by molar-refractivity contribution is 0.0918. The van der Waals surface area contributed by atoms with Crippen LogP contribution in [0.15, 0.2) is 24.3 Å². The van der Waals surface area contributed by atoms with Gasteiger partial charge in [0.05, 0.1) is 6.10 Å². The summed E-state index contributed by atoms with van der Waals surface area (Å²) in [7, 11) is 0. The fraction of sp³-hybridized carbons (Fsp3) is 0.429. The highest BCUT2D eigenvalue weighted by molar-refractivity contribution is 5.97. The Bertz CT molecular complexity index is 441. The Labute approximate surface area is 112 Å². The lowest BCUT2D eigenvalue weighted by Crippen LogP contribution is -2.28. The largest absolute Gasteiger partial charge is 0.393 e. The van der Waals surface area contributed by atoms with Gasteiger partial charge in [0, 0.05) is 17.7 Å². The van der Waals surface area contributed by atoms with E-state index in [1.807, 2.05) is 13.8 Å². The highest BCUT2D eigenvalue weighted by Gasteiger charge is 2.10. The first-order chi connectivity index (χ1) is 8.91. The van der Waals surface area contributed by atoms with Gasteiger partial charge in [-0.05, 0) is 36.6 Å². The average Bonchev–Trinajstić information content (AvgIpc) is 2.38. The fourth-order valence-corrected chi connectivity index (χ4v) is 1.55. The summed E-state index contributed by atoms with van der Waals surface area (Å²) in [5.41, 5.74) is 5.94. The Kier molecular flexibility index (Phi) is 5.51. The molecule has 0 radical (unpaired) electrons. The number of benzene rings is 1.